The molecule has 1 aliphatic carbocycles. The molecule has 0 spiro atoms. The van der Waals surface area contributed by atoms with E-state index in [-0.39, 0.29) is 6.10 Å². The molecule has 4 unspecified atom stereocenters. The van der Waals surface area contributed by atoms with Gasteiger partial charge in [-0.1, -0.05) is 34.6 Å². The van der Waals surface area contributed by atoms with Crippen LogP contribution in [-0.4, -0.2) is 35.2 Å². The Kier molecular flexibility index (Phi) is 4.62. The summed E-state index contributed by atoms with van der Waals surface area (Å²) in [5.41, 5.74) is 0.442. The minimum absolute atomic E-state index is 0.107. The van der Waals surface area contributed by atoms with Crippen molar-refractivity contribution in [3.8, 4) is 0 Å². The first-order valence-corrected chi connectivity index (χ1v) is 8.21. The zero-order valence-corrected chi connectivity index (χ0v) is 13.5. The highest BCUT2D eigenvalue weighted by atomic mass is 16.3. The molecule has 0 aromatic carbocycles. The molecule has 2 heteroatoms. The van der Waals surface area contributed by atoms with Gasteiger partial charge < -0.3 is 5.11 Å². The molecule has 2 fully saturated rings. The Labute approximate surface area is 119 Å². The smallest absolute Gasteiger partial charge is 0.0700 e. The average molecular weight is 267 g/mol. The van der Waals surface area contributed by atoms with Gasteiger partial charge in [-0.05, 0) is 61.9 Å². The molecule has 2 nitrogen and oxygen atoms in total. The van der Waals surface area contributed by atoms with Crippen molar-refractivity contribution in [2.24, 2.45) is 23.2 Å². The summed E-state index contributed by atoms with van der Waals surface area (Å²) < 4.78 is 0. The Morgan fingerprint density at radius 3 is 2.05 bits per heavy atom. The summed E-state index contributed by atoms with van der Waals surface area (Å²) in [6, 6.07) is 0.414. The van der Waals surface area contributed by atoms with Crippen LogP contribution in [0.25, 0.3) is 0 Å². The number of hydrogen-bond donors (Lipinski definition) is 1. The first kappa shape index (κ1) is 15.3. The van der Waals surface area contributed by atoms with E-state index in [4.69, 9.17) is 0 Å². The van der Waals surface area contributed by atoms with Crippen molar-refractivity contribution in [3.63, 3.8) is 0 Å². The van der Waals surface area contributed by atoms with Crippen LogP contribution < -0.4 is 0 Å². The van der Waals surface area contributed by atoms with E-state index in [2.05, 4.69) is 39.5 Å². The van der Waals surface area contributed by atoms with Crippen LogP contribution in [0, 0.1) is 23.2 Å². The van der Waals surface area contributed by atoms with Crippen molar-refractivity contribution in [1.82, 2.24) is 4.90 Å². The van der Waals surface area contributed by atoms with Crippen LogP contribution in [0.15, 0.2) is 0 Å². The van der Waals surface area contributed by atoms with Crippen LogP contribution in [0.2, 0.25) is 0 Å². The molecular formula is C17H33NO. The van der Waals surface area contributed by atoms with Crippen LogP contribution >= 0.6 is 0 Å². The van der Waals surface area contributed by atoms with Gasteiger partial charge in [-0.3, -0.25) is 4.90 Å². The van der Waals surface area contributed by atoms with Gasteiger partial charge in [0, 0.05) is 6.04 Å². The lowest BCUT2D eigenvalue weighted by Gasteiger charge is -2.47. The molecule has 19 heavy (non-hydrogen) atoms. The lowest BCUT2D eigenvalue weighted by molar-refractivity contribution is -0.0427. The topological polar surface area (TPSA) is 23.5 Å². The molecule has 2 rings (SSSR count). The van der Waals surface area contributed by atoms with E-state index in [1.807, 2.05) is 0 Å². The molecule has 0 aromatic heterocycles. The molecule has 0 bridgehead atoms. The van der Waals surface area contributed by atoms with E-state index in [0.29, 0.717) is 23.3 Å². The molecule has 2 aliphatic rings. The van der Waals surface area contributed by atoms with Crippen molar-refractivity contribution in [2.45, 2.75) is 72.4 Å². The summed E-state index contributed by atoms with van der Waals surface area (Å²) in [5, 5.41) is 10.4. The molecule has 1 N–H and O–H groups in total. The summed E-state index contributed by atoms with van der Waals surface area (Å²) in [5.74, 6) is 2.18. The molecule has 1 saturated carbocycles. The number of rotatable bonds is 1. The molecule has 0 amide bonds. The van der Waals surface area contributed by atoms with Gasteiger partial charge in [0.1, 0.15) is 0 Å². The summed E-state index contributed by atoms with van der Waals surface area (Å²) in [6.45, 7) is 14.1. The fourth-order valence-electron chi connectivity index (χ4n) is 4.47. The minimum atomic E-state index is -0.107. The highest BCUT2D eigenvalue weighted by molar-refractivity contribution is 4.92. The van der Waals surface area contributed by atoms with Crippen LogP contribution in [-0.2, 0) is 0 Å². The van der Waals surface area contributed by atoms with E-state index < -0.39 is 0 Å². The number of hydrogen-bond acceptors (Lipinski definition) is 2. The molecule has 1 saturated heterocycles. The van der Waals surface area contributed by atoms with Crippen LogP contribution in [0.5, 0.6) is 0 Å². The number of likely N-dealkylation sites (tertiary alicyclic amines) is 1. The van der Waals surface area contributed by atoms with E-state index in [0.717, 1.165) is 12.3 Å². The van der Waals surface area contributed by atoms with Gasteiger partial charge in [0.05, 0.1) is 6.10 Å². The first-order valence-electron chi connectivity index (χ1n) is 8.21. The third kappa shape index (κ3) is 3.52. The standard InChI is InChI=1S/C17H33NO/c1-12-10-13(2)16(15(19)11-12)18-8-6-14(7-9-18)17(3,4)5/h12-16,19H,6-11H2,1-5H3. The van der Waals surface area contributed by atoms with Crippen LogP contribution in [0.1, 0.15) is 60.3 Å². The van der Waals surface area contributed by atoms with Gasteiger partial charge in [0.25, 0.3) is 0 Å². The fourth-order valence-corrected chi connectivity index (χ4v) is 4.47. The van der Waals surface area contributed by atoms with E-state index in [9.17, 15) is 5.11 Å². The predicted octanol–water partition coefficient (Wildman–Crippen LogP) is 3.54. The van der Waals surface area contributed by atoms with Gasteiger partial charge in [-0.15, -0.1) is 0 Å². The SMILES string of the molecule is CC1CC(C)C(N2CCC(C(C)(C)C)CC2)C(O)C1. The predicted molar refractivity (Wildman–Crippen MR) is 81.1 cm³/mol. The average Bonchev–Trinajstić information content (AvgIpc) is 2.27. The largest absolute Gasteiger partial charge is 0.391 e. The summed E-state index contributed by atoms with van der Waals surface area (Å²) >= 11 is 0. The number of piperidine rings is 1. The maximum Gasteiger partial charge on any atom is 0.0700 e. The molecular weight excluding hydrogens is 234 g/mol. The lowest BCUT2D eigenvalue weighted by Crippen LogP contribution is -2.54. The second-order valence-corrected chi connectivity index (χ2v) is 8.29. The molecule has 112 valence electrons. The van der Waals surface area contributed by atoms with Crippen molar-refractivity contribution in [1.29, 1.82) is 0 Å². The minimum Gasteiger partial charge on any atom is -0.391 e. The van der Waals surface area contributed by atoms with E-state index in [1.54, 1.807) is 0 Å². The first-order chi connectivity index (χ1) is 8.79. The maximum atomic E-state index is 10.4. The summed E-state index contributed by atoms with van der Waals surface area (Å²) in [6.07, 6.45) is 4.77. The Hall–Kier alpha value is -0.0800. The Bertz CT molecular complexity index is 276. The highest BCUT2D eigenvalue weighted by Gasteiger charge is 2.39. The van der Waals surface area contributed by atoms with Gasteiger partial charge >= 0.3 is 0 Å². The third-order valence-electron chi connectivity index (χ3n) is 5.57. The Morgan fingerprint density at radius 2 is 1.58 bits per heavy atom. The van der Waals surface area contributed by atoms with E-state index >= 15 is 0 Å². The molecule has 0 aromatic rings. The zero-order valence-electron chi connectivity index (χ0n) is 13.5. The normalized spacial score (nSPS) is 39.5. The monoisotopic (exact) mass is 267 g/mol. The highest BCUT2D eigenvalue weighted by Crippen LogP contribution is 2.38. The van der Waals surface area contributed by atoms with Gasteiger partial charge in [0.15, 0.2) is 0 Å². The van der Waals surface area contributed by atoms with E-state index in [1.165, 1.54) is 32.4 Å². The van der Waals surface area contributed by atoms with Crippen molar-refractivity contribution >= 4 is 0 Å². The number of aliphatic hydroxyl groups excluding tert-OH is 1. The molecule has 0 radical (unpaired) electrons. The zero-order chi connectivity index (χ0) is 14.2. The maximum absolute atomic E-state index is 10.4. The molecule has 1 aliphatic heterocycles. The van der Waals surface area contributed by atoms with Crippen molar-refractivity contribution < 1.29 is 5.11 Å². The summed E-state index contributed by atoms with van der Waals surface area (Å²) in [7, 11) is 0. The number of aliphatic hydroxyl groups is 1. The van der Waals surface area contributed by atoms with Crippen molar-refractivity contribution in [3.05, 3.63) is 0 Å². The van der Waals surface area contributed by atoms with Gasteiger partial charge in [-0.25, -0.2) is 0 Å². The molecule has 1 heterocycles. The second kappa shape index (κ2) is 5.73. The van der Waals surface area contributed by atoms with Crippen LogP contribution in [0.3, 0.4) is 0 Å². The Balaban J connectivity index is 1.94. The van der Waals surface area contributed by atoms with Gasteiger partial charge in [-0.2, -0.15) is 0 Å². The third-order valence-corrected chi connectivity index (χ3v) is 5.57. The van der Waals surface area contributed by atoms with Crippen LogP contribution in [0.4, 0.5) is 0 Å². The van der Waals surface area contributed by atoms with Crippen molar-refractivity contribution in [2.75, 3.05) is 13.1 Å². The fraction of sp³-hybridized carbons (Fsp3) is 1.00. The summed E-state index contributed by atoms with van der Waals surface area (Å²) in [4.78, 5) is 2.59. The number of nitrogens with zero attached hydrogens (tertiary/aromatic N) is 1. The van der Waals surface area contributed by atoms with Gasteiger partial charge in [0.2, 0.25) is 0 Å². The Morgan fingerprint density at radius 1 is 1.00 bits per heavy atom. The molecule has 4 atom stereocenters. The lowest BCUT2D eigenvalue weighted by atomic mass is 9.73. The quantitative estimate of drug-likeness (QED) is 0.785. The second-order valence-electron chi connectivity index (χ2n) is 8.29.